The Labute approximate surface area is 198 Å². The highest BCUT2D eigenvalue weighted by molar-refractivity contribution is 8.18. The summed E-state index contributed by atoms with van der Waals surface area (Å²) in [5.41, 5.74) is 0.916. The molecule has 0 unspecified atom stereocenters. The van der Waals surface area contributed by atoms with Crippen molar-refractivity contribution >= 4 is 68.6 Å². The normalized spacial score (nSPS) is 34.1. The topological polar surface area (TPSA) is 67.2 Å². The van der Waals surface area contributed by atoms with Crippen LogP contribution < -0.4 is 5.32 Å². The van der Waals surface area contributed by atoms with Gasteiger partial charge in [-0.15, -0.1) is 10.2 Å². The number of carbonyl (C=O) groups is 1. The second kappa shape index (κ2) is 7.58. The molecule has 0 atom stereocenters. The Balaban J connectivity index is 1.23. The molecule has 4 bridgehead atoms. The molecule has 5 fully saturated rings. The van der Waals surface area contributed by atoms with Crippen molar-refractivity contribution in [3.8, 4) is 0 Å². The molecule has 1 amide bonds. The number of nitrogens with zero attached hydrogens (tertiary/aromatic N) is 3. The van der Waals surface area contributed by atoms with Crippen LogP contribution in [0.2, 0.25) is 10.0 Å². The molecular formula is C22H20Cl2N4OS2. The minimum Gasteiger partial charge on any atom is -0.300 e. The van der Waals surface area contributed by atoms with Gasteiger partial charge in [0, 0.05) is 5.41 Å². The molecule has 1 N–H and O–H groups in total. The van der Waals surface area contributed by atoms with E-state index in [9.17, 15) is 4.79 Å². The summed E-state index contributed by atoms with van der Waals surface area (Å²) < 4.78 is 0. The van der Waals surface area contributed by atoms with Gasteiger partial charge in [-0.1, -0.05) is 46.7 Å². The summed E-state index contributed by atoms with van der Waals surface area (Å²) in [4.78, 5) is 17.5. The quantitative estimate of drug-likeness (QED) is 0.519. The first-order valence-corrected chi connectivity index (χ1v) is 12.9. The van der Waals surface area contributed by atoms with Gasteiger partial charge in [0.1, 0.15) is 5.01 Å². The molecule has 4 saturated carbocycles. The molecule has 1 aromatic carbocycles. The number of hydrogen-bond donors (Lipinski definition) is 1. The largest absolute Gasteiger partial charge is 0.300 e. The predicted octanol–water partition coefficient (Wildman–Crippen LogP) is 6.20. The zero-order chi connectivity index (χ0) is 21.2. The number of aromatic nitrogens is 2. The van der Waals surface area contributed by atoms with Crippen molar-refractivity contribution in [3.05, 3.63) is 43.7 Å². The molecule has 0 radical (unpaired) electrons. The average Bonchev–Trinajstić information content (AvgIpc) is 3.32. The van der Waals surface area contributed by atoms with E-state index in [4.69, 9.17) is 23.2 Å². The van der Waals surface area contributed by atoms with Gasteiger partial charge in [0.15, 0.2) is 5.17 Å². The van der Waals surface area contributed by atoms with Gasteiger partial charge < -0.3 is 5.32 Å². The summed E-state index contributed by atoms with van der Waals surface area (Å²) in [5, 5.41) is 14.9. The molecule has 5 aliphatic rings. The maximum atomic E-state index is 12.4. The van der Waals surface area contributed by atoms with E-state index < -0.39 is 0 Å². The molecule has 7 rings (SSSR count). The number of aliphatic imine (C=N–C) groups is 1. The number of amidine groups is 1. The molecule has 5 nitrogen and oxygen atoms in total. The molecule has 1 aliphatic heterocycles. The Morgan fingerprint density at radius 2 is 1.81 bits per heavy atom. The fraction of sp³-hybridized carbons (Fsp3) is 0.455. The lowest BCUT2D eigenvalue weighted by atomic mass is 9.50. The van der Waals surface area contributed by atoms with E-state index >= 15 is 0 Å². The number of halogens is 2. The molecular weight excluding hydrogens is 471 g/mol. The summed E-state index contributed by atoms with van der Waals surface area (Å²) in [6.07, 6.45) is 9.71. The third-order valence-corrected chi connectivity index (χ3v) is 9.83. The van der Waals surface area contributed by atoms with Crippen LogP contribution >= 0.6 is 46.3 Å². The van der Waals surface area contributed by atoms with Gasteiger partial charge in [-0.2, -0.15) is 4.99 Å². The Hall–Kier alpha value is -1.41. The molecule has 1 aromatic heterocycles. The summed E-state index contributed by atoms with van der Waals surface area (Å²) >= 11 is 15.2. The molecule has 2 heterocycles. The average molecular weight is 491 g/mol. The SMILES string of the molecule is O=C1N/C(=N\c2nnc(C34CC5CC(CC(C5)C3)C4)s2)S/C1=C/c1cccc(Cl)c1Cl. The Bertz CT molecular complexity index is 1110. The predicted molar refractivity (Wildman–Crippen MR) is 127 cm³/mol. The number of nitrogens with one attached hydrogen (secondary N) is 1. The molecule has 4 aliphatic carbocycles. The van der Waals surface area contributed by atoms with E-state index in [0.717, 1.165) is 22.8 Å². The highest BCUT2D eigenvalue weighted by Gasteiger charge is 2.53. The minimum atomic E-state index is -0.203. The van der Waals surface area contributed by atoms with Crippen LogP contribution in [-0.4, -0.2) is 21.3 Å². The van der Waals surface area contributed by atoms with Crippen molar-refractivity contribution < 1.29 is 4.79 Å². The van der Waals surface area contributed by atoms with Crippen LogP contribution in [0.4, 0.5) is 5.13 Å². The molecule has 2 aromatic rings. The van der Waals surface area contributed by atoms with Gasteiger partial charge in [-0.3, -0.25) is 4.79 Å². The molecule has 1 saturated heterocycles. The third-order valence-electron chi connectivity index (χ3n) is 7.02. The smallest absolute Gasteiger partial charge is 0.264 e. The van der Waals surface area contributed by atoms with Crippen LogP contribution in [0.25, 0.3) is 6.08 Å². The van der Waals surface area contributed by atoms with E-state index in [0.29, 0.717) is 30.8 Å². The zero-order valence-corrected chi connectivity index (χ0v) is 19.8. The van der Waals surface area contributed by atoms with Crippen molar-refractivity contribution in [2.45, 2.75) is 43.9 Å². The summed E-state index contributed by atoms with van der Waals surface area (Å²) in [7, 11) is 0. The highest BCUT2D eigenvalue weighted by atomic mass is 35.5. The van der Waals surface area contributed by atoms with Crippen LogP contribution in [0.5, 0.6) is 0 Å². The first kappa shape index (κ1) is 20.2. The number of benzene rings is 1. The zero-order valence-electron chi connectivity index (χ0n) is 16.6. The third kappa shape index (κ3) is 3.63. The first-order chi connectivity index (χ1) is 15.0. The summed E-state index contributed by atoms with van der Waals surface area (Å²) in [6.45, 7) is 0. The first-order valence-electron chi connectivity index (χ1n) is 10.5. The van der Waals surface area contributed by atoms with Crippen LogP contribution in [-0.2, 0) is 10.2 Å². The van der Waals surface area contributed by atoms with Gasteiger partial charge >= 0.3 is 0 Å². The van der Waals surface area contributed by atoms with Crippen LogP contribution in [0.3, 0.4) is 0 Å². The molecule has 160 valence electrons. The molecule has 31 heavy (non-hydrogen) atoms. The number of amides is 1. The molecule has 0 spiro atoms. The van der Waals surface area contributed by atoms with Crippen molar-refractivity contribution in [2.75, 3.05) is 0 Å². The van der Waals surface area contributed by atoms with Crippen LogP contribution in [0, 0.1) is 17.8 Å². The summed E-state index contributed by atoms with van der Waals surface area (Å²) in [6, 6.07) is 5.35. The van der Waals surface area contributed by atoms with Crippen molar-refractivity contribution in [2.24, 2.45) is 22.7 Å². The monoisotopic (exact) mass is 490 g/mol. The maximum absolute atomic E-state index is 12.4. The van der Waals surface area contributed by atoms with Gasteiger partial charge in [0.05, 0.1) is 15.0 Å². The van der Waals surface area contributed by atoms with Crippen molar-refractivity contribution in [3.63, 3.8) is 0 Å². The van der Waals surface area contributed by atoms with Crippen LogP contribution in [0.15, 0.2) is 28.1 Å². The van der Waals surface area contributed by atoms with Crippen molar-refractivity contribution in [1.82, 2.24) is 15.5 Å². The minimum absolute atomic E-state index is 0.203. The lowest BCUT2D eigenvalue weighted by molar-refractivity contribution is -0.115. The van der Waals surface area contributed by atoms with Gasteiger partial charge in [0.25, 0.3) is 5.91 Å². The number of hydrogen-bond acceptors (Lipinski definition) is 6. The summed E-state index contributed by atoms with van der Waals surface area (Å²) in [5.74, 6) is 2.38. The second-order valence-electron chi connectivity index (χ2n) is 9.21. The van der Waals surface area contributed by atoms with E-state index in [-0.39, 0.29) is 11.3 Å². The number of thioether (sulfide) groups is 1. The Kier molecular flexibility index (Phi) is 4.94. The van der Waals surface area contributed by atoms with Crippen LogP contribution in [0.1, 0.15) is 49.1 Å². The Morgan fingerprint density at radius 1 is 1.10 bits per heavy atom. The van der Waals surface area contributed by atoms with Gasteiger partial charge in [-0.05, 0) is 85.7 Å². The lowest BCUT2D eigenvalue weighted by Gasteiger charge is -2.55. The van der Waals surface area contributed by atoms with Gasteiger partial charge in [0.2, 0.25) is 5.13 Å². The Morgan fingerprint density at radius 3 is 2.52 bits per heavy atom. The maximum Gasteiger partial charge on any atom is 0.264 e. The number of carbonyl (C=O) groups excluding carboxylic acids is 1. The fourth-order valence-corrected chi connectivity index (χ4v) is 8.36. The fourth-order valence-electron chi connectivity index (χ4n) is 6.19. The second-order valence-corrected chi connectivity index (χ2v) is 12.0. The highest BCUT2D eigenvalue weighted by Crippen LogP contribution is 2.61. The van der Waals surface area contributed by atoms with E-state index in [1.807, 2.05) is 6.07 Å². The lowest BCUT2D eigenvalue weighted by Crippen LogP contribution is -2.48. The van der Waals surface area contributed by atoms with Crippen molar-refractivity contribution in [1.29, 1.82) is 0 Å². The standard InChI is InChI=1S/C22H20Cl2N4OS2/c23-15-3-1-2-14(17(15)24)7-16-18(29)25-20(30-16)26-21-28-27-19(31-21)22-8-11-4-12(9-22)6-13(5-11)10-22/h1-3,7,11-13H,4-6,8-10H2,(H,25,26,28,29)/b16-7+. The van der Waals surface area contributed by atoms with E-state index in [2.05, 4.69) is 20.5 Å². The van der Waals surface area contributed by atoms with E-state index in [1.165, 1.54) is 50.3 Å². The number of rotatable bonds is 3. The molecule has 9 heteroatoms. The van der Waals surface area contributed by atoms with Gasteiger partial charge in [-0.25, -0.2) is 0 Å². The van der Waals surface area contributed by atoms with E-state index in [1.54, 1.807) is 29.5 Å².